The van der Waals surface area contributed by atoms with Crippen LogP contribution in [0.2, 0.25) is 0 Å². The zero-order valence-electron chi connectivity index (χ0n) is 9.51. The SMILES string of the molecule is CSc1nccc(N(C)[C@@H]2CCNC2)n1.Cl. The van der Waals surface area contributed by atoms with Crippen molar-refractivity contribution in [2.24, 2.45) is 0 Å². The van der Waals surface area contributed by atoms with E-state index in [-0.39, 0.29) is 12.4 Å². The Morgan fingerprint density at radius 1 is 1.56 bits per heavy atom. The van der Waals surface area contributed by atoms with Gasteiger partial charge in [-0.1, -0.05) is 11.8 Å². The predicted octanol–water partition coefficient (Wildman–Crippen LogP) is 1.42. The van der Waals surface area contributed by atoms with Crippen molar-refractivity contribution in [3.63, 3.8) is 0 Å². The van der Waals surface area contributed by atoms with Crippen molar-refractivity contribution >= 4 is 30.0 Å². The zero-order valence-corrected chi connectivity index (χ0v) is 11.1. The van der Waals surface area contributed by atoms with E-state index < -0.39 is 0 Å². The first-order valence-electron chi connectivity index (χ1n) is 5.12. The highest BCUT2D eigenvalue weighted by atomic mass is 35.5. The Morgan fingerprint density at radius 3 is 3.00 bits per heavy atom. The molecule has 0 amide bonds. The van der Waals surface area contributed by atoms with Crippen LogP contribution >= 0.6 is 24.2 Å². The van der Waals surface area contributed by atoms with Crippen LogP contribution in [0, 0.1) is 0 Å². The van der Waals surface area contributed by atoms with Crippen LogP contribution in [0.5, 0.6) is 0 Å². The third kappa shape index (κ3) is 2.99. The van der Waals surface area contributed by atoms with E-state index in [2.05, 4.69) is 27.2 Å². The molecule has 1 aromatic rings. The van der Waals surface area contributed by atoms with Gasteiger partial charge in [0, 0.05) is 25.8 Å². The molecule has 1 saturated heterocycles. The molecule has 6 heteroatoms. The number of anilines is 1. The van der Waals surface area contributed by atoms with Crippen molar-refractivity contribution in [3.05, 3.63) is 12.3 Å². The number of likely N-dealkylation sites (N-methyl/N-ethyl adjacent to an activating group) is 1. The summed E-state index contributed by atoms with van der Waals surface area (Å²) in [5, 5.41) is 4.20. The standard InChI is InChI=1S/C10H16N4S.ClH/c1-14(8-3-5-11-7-8)9-4-6-12-10(13-9)15-2;/h4,6,8,11H,3,5,7H2,1-2H3;1H/t8-;/m1./s1. The van der Waals surface area contributed by atoms with Crippen molar-refractivity contribution in [2.75, 3.05) is 31.3 Å². The van der Waals surface area contributed by atoms with Crippen molar-refractivity contribution in [2.45, 2.75) is 17.6 Å². The van der Waals surface area contributed by atoms with E-state index in [1.165, 1.54) is 6.42 Å². The van der Waals surface area contributed by atoms with Crippen molar-refractivity contribution < 1.29 is 0 Å². The van der Waals surface area contributed by atoms with Gasteiger partial charge < -0.3 is 10.2 Å². The van der Waals surface area contributed by atoms with E-state index in [4.69, 9.17) is 0 Å². The lowest BCUT2D eigenvalue weighted by molar-refractivity contribution is 0.672. The Labute approximate surface area is 107 Å². The van der Waals surface area contributed by atoms with Crippen LogP contribution in [-0.2, 0) is 0 Å². The third-order valence-electron chi connectivity index (χ3n) is 2.74. The van der Waals surface area contributed by atoms with Crippen LogP contribution in [0.15, 0.2) is 17.4 Å². The summed E-state index contributed by atoms with van der Waals surface area (Å²) in [6, 6.07) is 2.53. The van der Waals surface area contributed by atoms with Crippen LogP contribution in [-0.4, -0.2) is 42.4 Å². The maximum Gasteiger partial charge on any atom is 0.189 e. The number of hydrogen-bond donors (Lipinski definition) is 1. The second kappa shape index (κ2) is 6.27. The Hall–Kier alpha value is -0.520. The summed E-state index contributed by atoms with van der Waals surface area (Å²) < 4.78 is 0. The number of nitrogens with one attached hydrogen (secondary N) is 1. The monoisotopic (exact) mass is 260 g/mol. The first-order chi connectivity index (χ1) is 7.31. The fourth-order valence-electron chi connectivity index (χ4n) is 1.78. The summed E-state index contributed by atoms with van der Waals surface area (Å²) in [5.74, 6) is 1.02. The minimum atomic E-state index is 0. The molecule has 2 rings (SSSR count). The molecule has 0 aliphatic carbocycles. The Bertz CT molecular complexity index is 330. The summed E-state index contributed by atoms with van der Waals surface area (Å²) in [4.78, 5) is 10.9. The third-order valence-corrected chi connectivity index (χ3v) is 3.31. The fraction of sp³-hybridized carbons (Fsp3) is 0.600. The van der Waals surface area contributed by atoms with Crippen LogP contribution in [0.1, 0.15) is 6.42 Å². The molecular weight excluding hydrogens is 244 g/mol. The normalized spacial score (nSPS) is 19.2. The second-order valence-electron chi connectivity index (χ2n) is 3.66. The molecule has 1 aromatic heterocycles. The first-order valence-corrected chi connectivity index (χ1v) is 6.34. The molecule has 1 fully saturated rings. The molecule has 0 saturated carbocycles. The van der Waals surface area contributed by atoms with Gasteiger partial charge in [-0.3, -0.25) is 0 Å². The molecule has 0 aromatic carbocycles. The Balaban J connectivity index is 0.00000128. The summed E-state index contributed by atoms with van der Waals surface area (Å²) in [7, 11) is 2.10. The molecule has 1 aliphatic heterocycles. The van der Waals surface area contributed by atoms with Gasteiger partial charge in [0.05, 0.1) is 0 Å². The lowest BCUT2D eigenvalue weighted by Gasteiger charge is -2.24. The number of aromatic nitrogens is 2. The molecule has 16 heavy (non-hydrogen) atoms. The van der Waals surface area contributed by atoms with Gasteiger partial charge in [0.15, 0.2) is 5.16 Å². The number of rotatable bonds is 3. The Morgan fingerprint density at radius 2 is 2.38 bits per heavy atom. The second-order valence-corrected chi connectivity index (χ2v) is 4.43. The quantitative estimate of drug-likeness (QED) is 0.658. The number of hydrogen-bond acceptors (Lipinski definition) is 5. The molecule has 0 unspecified atom stereocenters. The minimum absolute atomic E-state index is 0. The van der Waals surface area contributed by atoms with E-state index in [0.717, 1.165) is 24.1 Å². The lowest BCUT2D eigenvalue weighted by atomic mass is 10.2. The minimum Gasteiger partial charge on any atom is -0.355 e. The fourth-order valence-corrected chi connectivity index (χ4v) is 2.13. The number of thioether (sulfide) groups is 1. The highest BCUT2D eigenvalue weighted by molar-refractivity contribution is 7.98. The van der Waals surface area contributed by atoms with Gasteiger partial charge in [-0.05, 0) is 25.3 Å². The summed E-state index contributed by atoms with van der Waals surface area (Å²) in [5.41, 5.74) is 0. The van der Waals surface area contributed by atoms with Gasteiger partial charge in [0.2, 0.25) is 0 Å². The topological polar surface area (TPSA) is 41.1 Å². The molecule has 90 valence electrons. The van der Waals surface area contributed by atoms with Crippen molar-refractivity contribution in [1.82, 2.24) is 15.3 Å². The van der Waals surface area contributed by atoms with Crippen LogP contribution in [0.3, 0.4) is 0 Å². The molecule has 1 atom stereocenters. The van der Waals surface area contributed by atoms with E-state index in [1.54, 1.807) is 11.8 Å². The average molecular weight is 261 g/mol. The Kier molecular flexibility index (Phi) is 5.31. The smallest absolute Gasteiger partial charge is 0.189 e. The van der Waals surface area contributed by atoms with Gasteiger partial charge in [-0.15, -0.1) is 12.4 Å². The molecule has 0 radical (unpaired) electrons. The van der Waals surface area contributed by atoms with E-state index in [1.807, 2.05) is 18.5 Å². The maximum absolute atomic E-state index is 4.49. The van der Waals surface area contributed by atoms with Gasteiger partial charge in [0.1, 0.15) is 5.82 Å². The summed E-state index contributed by atoms with van der Waals surface area (Å²) in [6.07, 6.45) is 5.01. The first kappa shape index (κ1) is 13.5. The van der Waals surface area contributed by atoms with E-state index in [0.29, 0.717) is 6.04 Å². The van der Waals surface area contributed by atoms with Crippen molar-refractivity contribution in [3.8, 4) is 0 Å². The zero-order chi connectivity index (χ0) is 10.7. The van der Waals surface area contributed by atoms with E-state index in [9.17, 15) is 0 Å². The molecule has 1 N–H and O–H groups in total. The van der Waals surface area contributed by atoms with Gasteiger partial charge in [0.25, 0.3) is 0 Å². The number of nitrogens with zero attached hydrogens (tertiary/aromatic N) is 3. The molecule has 4 nitrogen and oxygen atoms in total. The van der Waals surface area contributed by atoms with E-state index >= 15 is 0 Å². The molecular formula is C10H17ClN4S. The molecule has 0 spiro atoms. The molecule has 0 bridgehead atoms. The van der Waals surface area contributed by atoms with Crippen LogP contribution in [0.25, 0.3) is 0 Å². The lowest BCUT2D eigenvalue weighted by Crippen LogP contribution is -2.33. The average Bonchev–Trinajstić information content (AvgIpc) is 2.81. The highest BCUT2D eigenvalue weighted by Crippen LogP contribution is 2.17. The van der Waals surface area contributed by atoms with Crippen LogP contribution < -0.4 is 10.2 Å². The summed E-state index contributed by atoms with van der Waals surface area (Å²) >= 11 is 1.58. The van der Waals surface area contributed by atoms with Gasteiger partial charge in [-0.2, -0.15) is 0 Å². The largest absolute Gasteiger partial charge is 0.355 e. The molecule has 2 heterocycles. The number of halogens is 1. The summed E-state index contributed by atoms with van der Waals surface area (Å²) in [6.45, 7) is 2.16. The van der Waals surface area contributed by atoms with Gasteiger partial charge >= 0.3 is 0 Å². The van der Waals surface area contributed by atoms with Crippen molar-refractivity contribution in [1.29, 1.82) is 0 Å². The maximum atomic E-state index is 4.49. The highest BCUT2D eigenvalue weighted by Gasteiger charge is 2.20. The van der Waals surface area contributed by atoms with Gasteiger partial charge in [-0.25, -0.2) is 9.97 Å². The van der Waals surface area contributed by atoms with Crippen LogP contribution in [0.4, 0.5) is 5.82 Å². The predicted molar refractivity (Wildman–Crippen MR) is 70.7 cm³/mol. The molecule has 1 aliphatic rings.